The Hall–Kier alpha value is -2.18. The van der Waals surface area contributed by atoms with Gasteiger partial charge in [0, 0.05) is 23.4 Å². The van der Waals surface area contributed by atoms with Gasteiger partial charge in [-0.1, -0.05) is 11.6 Å². The Morgan fingerprint density at radius 2 is 1.64 bits per heavy atom. The van der Waals surface area contributed by atoms with Crippen LogP contribution in [0.4, 0.5) is 18.9 Å². The number of carbonyl (C=O) groups excluding carboxylic acids is 1. The first kappa shape index (κ1) is 26.9. The summed E-state index contributed by atoms with van der Waals surface area (Å²) in [4.78, 5) is 12.3. The Kier molecular flexibility index (Phi) is 7.17. The fraction of sp³-hybridized carbons (Fsp3) is 0.458. The van der Waals surface area contributed by atoms with Gasteiger partial charge in [0.15, 0.2) is 27.3 Å². The molecular formula is C24H25ClF3NO6S. The normalized spacial score (nSPS) is 27.5. The summed E-state index contributed by atoms with van der Waals surface area (Å²) in [6.45, 7) is 1.36. The van der Waals surface area contributed by atoms with Gasteiger partial charge in [0.25, 0.3) is 5.91 Å². The maximum Gasteiger partial charge on any atom is 0.255 e. The molecule has 4 rings (SSSR count). The van der Waals surface area contributed by atoms with Gasteiger partial charge in [0.2, 0.25) is 0 Å². The third-order valence-corrected chi connectivity index (χ3v) is 10.0. The molecule has 0 aromatic heterocycles. The summed E-state index contributed by atoms with van der Waals surface area (Å²) in [5.74, 6) is -6.72. The standard InChI is InChI=1S/C24H25ClF3NO6S/c1-11(30)22(31)24(33)13-3-4-14(24)8-16(7-13)36(34,35)20-6-12(2-5-17(20)25)23(32)29-15-9-18(26)21(28)19(27)10-15/h2,5-6,9-11,13-14,16,22,30-31,33H,3-4,7-8H2,1H3,(H,29,32)/t11-,13-,14?,16-,22-,24-/m0/s1. The van der Waals surface area contributed by atoms with Crippen molar-refractivity contribution >= 4 is 33.0 Å². The van der Waals surface area contributed by atoms with Crippen molar-refractivity contribution in [3.05, 3.63) is 58.4 Å². The molecule has 2 fully saturated rings. The van der Waals surface area contributed by atoms with Crippen LogP contribution in [0.2, 0.25) is 5.02 Å². The molecule has 2 bridgehead atoms. The van der Waals surface area contributed by atoms with E-state index >= 15 is 0 Å². The molecule has 0 spiro atoms. The summed E-state index contributed by atoms with van der Waals surface area (Å²) < 4.78 is 67.2. The molecular weight excluding hydrogens is 523 g/mol. The van der Waals surface area contributed by atoms with Crippen LogP contribution in [0.3, 0.4) is 0 Å². The van der Waals surface area contributed by atoms with Crippen LogP contribution in [-0.2, 0) is 9.84 Å². The van der Waals surface area contributed by atoms with Gasteiger partial charge >= 0.3 is 0 Å². The van der Waals surface area contributed by atoms with E-state index in [2.05, 4.69) is 5.32 Å². The van der Waals surface area contributed by atoms with E-state index < -0.39 is 68.1 Å². The number of nitrogens with one attached hydrogen (secondary N) is 1. The lowest BCUT2D eigenvalue weighted by Gasteiger charge is -2.46. The molecule has 0 aliphatic heterocycles. The number of carbonyl (C=O) groups is 1. The van der Waals surface area contributed by atoms with Gasteiger partial charge in [-0.05, 0) is 62.6 Å². The van der Waals surface area contributed by atoms with Crippen molar-refractivity contribution in [2.24, 2.45) is 11.8 Å². The number of fused-ring (bicyclic) bond motifs is 2. The van der Waals surface area contributed by atoms with Gasteiger partial charge < -0.3 is 20.6 Å². The number of halogens is 4. The molecule has 2 aliphatic rings. The zero-order valence-corrected chi connectivity index (χ0v) is 20.7. The smallest absolute Gasteiger partial charge is 0.255 e. The zero-order valence-electron chi connectivity index (χ0n) is 19.1. The van der Waals surface area contributed by atoms with E-state index in [0.29, 0.717) is 25.0 Å². The summed E-state index contributed by atoms with van der Waals surface area (Å²) in [7, 11) is -4.10. The lowest BCUT2D eigenvalue weighted by molar-refractivity contribution is -0.172. The van der Waals surface area contributed by atoms with Crippen molar-refractivity contribution in [2.75, 3.05) is 5.32 Å². The number of aliphatic hydroxyl groups is 3. The minimum absolute atomic E-state index is 0.0278. The highest BCUT2D eigenvalue weighted by Crippen LogP contribution is 2.54. The van der Waals surface area contributed by atoms with Gasteiger partial charge in [0.05, 0.1) is 26.9 Å². The maximum absolute atomic E-state index is 13.6. The molecule has 2 saturated carbocycles. The van der Waals surface area contributed by atoms with Crippen LogP contribution in [0.1, 0.15) is 43.0 Å². The van der Waals surface area contributed by atoms with Crippen LogP contribution >= 0.6 is 11.6 Å². The topological polar surface area (TPSA) is 124 Å². The van der Waals surface area contributed by atoms with Gasteiger partial charge in [-0.2, -0.15) is 0 Å². The molecule has 12 heteroatoms. The van der Waals surface area contributed by atoms with Crippen LogP contribution in [-0.4, -0.2) is 52.7 Å². The first-order valence-corrected chi connectivity index (χ1v) is 13.3. The first-order valence-electron chi connectivity index (χ1n) is 11.3. The van der Waals surface area contributed by atoms with E-state index in [0.717, 1.165) is 6.07 Å². The monoisotopic (exact) mass is 547 g/mol. The highest BCUT2D eigenvalue weighted by atomic mass is 35.5. The average molecular weight is 548 g/mol. The van der Waals surface area contributed by atoms with Crippen LogP contribution in [0.5, 0.6) is 0 Å². The predicted molar refractivity (Wildman–Crippen MR) is 125 cm³/mol. The number of amides is 1. The summed E-state index contributed by atoms with van der Waals surface area (Å²) in [6, 6.07) is 4.67. The van der Waals surface area contributed by atoms with E-state index in [1.165, 1.54) is 19.1 Å². The molecule has 0 heterocycles. The second kappa shape index (κ2) is 9.60. The van der Waals surface area contributed by atoms with E-state index in [9.17, 15) is 41.7 Å². The molecule has 2 aromatic rings. The van der Waals surface area contributed by atoms with Crippen LogP contribution in [0.25, 0.3) is 0 Å². The van der Waals surface area contributed by atoms with E-state index in [-0.39, 0.29) is 34.0 Å². The molecule has 2 aromatic carbocycles. The number of rotatable bonds is 6. The molecule has 1 unspecified atom stereocenters. The number of hydrogen-bond acceptors (Lipinski definition) is 6. The maximum atomic E-state index is 13.6. The molecule has 1 amide bonds. The van der Waals surface area contributed by atoms with Crippen molar-refractivity contribution in [1.82, 2.24) is 0 Å². The number of aliphatic hydroxyl groups excluding tert-OH is 2. The third kappa shape index (κ3) is 4.51. The SMILES string of the molecule is C[C@H](O)[C@H](O)[C@@]1(O)C2CC[C@H]1C[C@H](S(=O)(=O)c1cc(C(=O)Nc3cc(F)c(F)c(F)c3)ccc1Cl)C2. The fourth-order valence-corrected chi connectivity index (χ4v) is 7.94. The van der Waals surface area contributed by atoms with Crippen LogP contribution < -0.4 is 5.32 Å². The second-order valence-corrected chi connectivity index (χ2v) is 12.1. The van der Waals surface area contributed by atoms with Crippen molar-refractivity contribution in [1.29, 1.82) is 0 Å². The fourth-order valence-electron chi connectivity index (χ4n) is 5.54. The Labute approximate surface area is 210 Å². The average Bonchev–Trinajstić information content (AvgIpc) is 2.98. The van der Waals surface area contributed by atoms with Crippen molar-refractivity contribution in [3.63, 3.8) is 0 Å². The summed E-state index contributed by atoms with van der Waals surface area (Å²) in [5, 5.41) is 32.5. The summed E-state index contributed by atoms with van der Waals surface area (Å²) >= 11 is 6.19. The largest absolute Gasteiger partial charge is 0.391 e. The zero-order chi connectivity index (χ0) is 26.6. The molecule has 0 radical (unpaired) electrons. The van der Waals surface area contributed by atoms with Gasteiger partial charge in [-0.15, -0.1) is 0 Å². The third-order valence-electron chi connectivity index (χ3n) is 7.38. The lowest BCUT2D eigenvalue weighted by Crippen LogP contribution is -2.58. The quantitative estimate of drug-likeness (QED) is 0.411. The number of benzene rings is 2. The Morgan fingerprint density at radius 3 is 2.17 bits per heavy atom. The molecule has 36 heavy (non-hydrogen) atoms. The Balaban J connectivity index is 1.59. The van der Waals surface area contributed by atoms with Gasteiger partial charge in [-0.3, -0.25) is 4.79 Å². The molecule has 196 valence electrons. The molecule has 7 nitrogen and oxygen atoms in total. The first-order chi connectivity index (χ1) is 16.8. The minimum Gasteiger partial charge on any atom is -0.391 e. The number of anilines is 1. The summed E-state index contributed by atoms with van der Waals surface area (Å²) in [6.07, 6.45) is -1.59. The van der Waals surface area contributed by atoms with Gasteiger partial charge in [-0.25, -0.2) is 21.6 Å². The highest BCUT2D eigenvalue weighted by molar-refractivity contribution is 7.92. The second-order valence-electron chi connectivity index (χ2n) is 9.54. The van der Waals surface area contributed by atoms with E-state index in [1.54, 1.807) is 0 Å². The number of sulfone groups is 1. The minimum atomic E-state index is -4.10. The molecule has 4 N–H and O–H groups in total. The Morgan fingerprint density at radius 1 is 1.08 bits per heavy atom. The summed E-state index contributed by atoms with van der Waals surface area (Å²) in [5.41, 5.74) is -2.13. The molecule has 6 atom stereocenters. The van der Waals surface area contributed by atoms with Gasteiger partial charge in [0.1, 0.15) is 6.10 Å². The van der Waals surface area contributed by atoms with Crippen molar-refractivity contribution in [3.8, 4) is 0 Å². The van der Waals surface area contributed by atoms with E-state index in [4.69, 9.17) is 11.6 Å². The van der Waals surface area contributed by atoms with Crippen LogP contribution in [0.15, 0.2) is 35.2 Å². The van der Waals surface area contributed by atoms with Crippen molar-refractivity contribution in [2.45, 2.75) is 60.6 Å². The van der Waals surface area contributed by atoms with Crippen LogP contribution in [0, 0.1) is 29.3 Å². The Bertz CT molecular complexity index is 1270. The molecule has 0 saturated heterocycles. The highest BCUT2D eigenvalue weighted by Gasteiger charge is 2.59. The lowest BCUT2D eigenvalue weighted by atomic mass is 9.70. The molecule has 2 aliphatic carbocycles. The van der Waals surface area contributed by atoms with E-state index in [1.807, 2.05) is 0 Å². The number of hydrogen-bond donors (Lipinski definition) is 4. The predicted octanol–water partition coefficient (Wildman–Crippen LogP) is 3.44. The van der Waals surface area contributed by atoms with Crippen molar-refractivity contribution < 1.29 is 41.7 Å².